The summed E-state index contributed by atoms with van der Waals surface area (Å²) in [6, 6.07) is 14.7. The van der Waals surface area contributed by atoms with Crippen LogP contribution in [0.15, 0.2) is 48.5 Å². The average molecular weight is 373 g/mol. The number of benzene rings is 2. The predicted octanol–water partition coefficient (Wildman–Crippen LogP) is 1.79. The molecule has 2 aromatic carbocycles. The molecule has 0 amide bonds. The SMILES string of the molecule is CN1CCN(c2ccc(-n3nnc4c3C(=O)c3ccccc3C4=O)cc2)CC1. The number of hydrogen-bond acceptors (Lipinski definition) is 6. The number of hydrogen-bond donors (Lipinski definition) is 0. The van der Waals surface area contributed by atoms with E-state index < -0.39 is 0 Å². The first-order valence-corrected chi connectivity index (χ1v) is 9.31. The minimum absolute atomic E-state index is 0.117. The first-order chi connectivity index (χ1) is 13.6. The largest absolute Gasteiger partial charge is 0.369 e. The van der Waals surface area contributed by atoms with Gasteiger partial charge in [0.1, 0.15) is 5.69 Å². The molecule has 1 aromatic heterocycles. The number of ketones is 2. The molecule has 1 saturated heterocycles. The zero-order chi connectivity index (χ0) is 19.3. The van der Waals surface area contributed by atoms with E-state index in [4.69, 9.17) is 0 Å². The Morgan fingerprint density at radius 3 is 2.07 bits per heavy atom. The van der Waals surface area contributed by atoms with Crippen molar-refractivity contribution in [2.75, 3.05) is 38.1 Å². The van der Waals surface area contributed by atoms with E-state index in [2.05, 4.69) is 27.2 Å². The number of anilines is 1. The number of carbonyl (C=O) groups is 2. The molecule has 0 bridgehead atoms. The smallest absolute Gasteiger partial charge is 0.216 e. The molecule has 0 radical (unpaired) electrons. The molecule has 1 fully saturated rings. The minimum atomic E-state index is -0.259. The van der Waals surface area contributed by atoms with E-state index in [0.717, 1.165) is 31.9 Å². The lowest BCUT2D eigenvalue weighted by Gasteiger charge is -2.34. The second kappa shape index (κ2) is 6.38. The molecule has 1 aliphatic carbocycles. The Morgan fingerprint density at radius 1 is 0.786 bits per heavy atom. The van der Waals surface area contributed by atoms with Crippen LogP contribution >= 0.6 is 0 Å². The monoisotopic (exact) mass is 373 g/mol. The maximum Gasteiger partial charge on any atom is 0.216 e. The van der Waals surface area contributed by atoms with Crippen molar-refractivity contribution in [1.29, 1.82) is 0 Å². The zero-order valence-corrected chi connectivity index (χ0v) is 15.5. The normalized spacial score (nSPS) is 16.8. The van der Waals surface area contributed by atoms with E-state index in [9.17, 15) is 9.59 Å². The Kier molecular flexibility index (Phi) is 3.84. The van der Waals surface area contributed by atoms with Gasteiger partial charge in [0.25, 0.3) is 0 Å². The van der Waals surface area contributed by atoms with Crippen molar-refractivity contribution in [3.63, 3.8) is 0 Å². The third-order valence-corrected chi connectivity index (χ3v) is 5.48. The van der Waals surface area contributed by atoms with Crippen molar-refractivity contribution in [3.8, 4) is 5.69 Å². The minimum Gasteiger partial charge on any atom is -0.369 e. The topological polar surface area (TPSA) is 71.3 Å². The van der Waals surface area contributed by atoms with Crippen LogP contribution < -0.4 is 4.90 Å². The first-order valence-electron chi connectivity index (χ1n) is 9.31. The second-order valence-electron chi connectivity index (χ2n) is 7.21. The van der Waals surface area contributed by atoms with E-state index in [0.29, 0.717) is 16.8 Å². The van der Waals surface area contributed by atoms with E-state index in [1.54, 1.807) is 24.3 Å². The van der Waals surface area contributed by atoms with Gasteiger partial charge >= 0.3 is 0 Å². The standard InChI is InChI=1S/C21H19N5O2/c1-24-10-12-25(13-11-24)14-6-8-15(9-7-14)26-19-18(22-23-26)20(27)16-4-2-3-5-17(16)21(19)28/h2-9H,10-13H2,1H3. The molecule has 3 aromatic rings. The lowest BCUT2D eigenvalue weighted by Crippen LogP contribution is -2.44. The van der Waals surface area contributed by atoms with Crippen molar-refractivity contribution >= 4 is 17.3 Å². The van der Waals surface area contributed by atoms with Crippen molar-refractivity contribution in [1.82, 2.24) is 19.9 Å². The van der Waals surface area contributed by atoms with Gasteiger partial charge in [0, 0.05) is 43.0 Å². The van der Waals surface area contributed by atoms with Crippen LogP contribution in [0.3, 0.4) is 0 Å². The van der Waals surface area contributed by atoms with Gasteiger partial charge < -0.3 is 9.80 Å². The molecule has 2 aliphatic rings. The van der Waals surface area contributed by atoms with Gasteiger partial charge in [0.15, 0.2) is 5.69 Å². The van der Waals surface area contributed by atoms with Gasteiger partial charge in [-0.05, 0) is 31.3 Å². The Morgan fingerprint density at radius 2 is 1.39 bits per heavy atom. The molecule has 7 nitrogen and oxygen atoms in total. The van der Waals surface area contributed by atoms with Crippen LogP contribution in [0, 0.1) is 0 Å². The van der Waals surface area contributed by atoms with Crippen LogP contribution in [-0.2, 0) is 0 Å². The van der Waals surface area contributed by atoms with Crippen LogP contribution in [0.1, 0.15) is 32.1 Å². The molecule has 0 unspecified atom stereocenters. The van der Waals surface area contributed by atoms with Gasteiger partial charge in [0.05, 0.1) is 5.69 Å². The summed E-state index contributed by atoms with van der Waals surface area (Å²) in [5, 5.41) is 8.12. The molecule has 0 atom stereocenters. The summed E-state index contributed by atoms with van der Waals surface area (Å²) in [6.45, 7) is 4.04. The molecule has 28 heavy (non-hydrogen) atoms. The lowest BCUT2D eigenvalue weighted by molar-refractivity contribution is 0.0972. The van der Waals surface area contributed by atoms with E-state index in [1.807, 2.05) is 24.3 Å². The van der Waals surface area contributed by atoms with Gasteiger partial charge in [-0.25, -0.2) is 4.68 Å². The molecule has 5 rings (SSSR count). The fraction of sp³-hybridized carbons (Fsp3) is 0.238. The van der Waals surface area contributed by atoms with Crippen molar-refractivity contribution in [2.45, 2.75) is 0 Å². The van der Waals surface area contributed by atoms with E-state index in [1.165, 1.54) is 4.68 Å². The van der Waals surface area contributed by atoms with E-state index in [-0.39, 0.29) is 23.0 Å². The lowest BCUT2D eigenvalue weighted by atomic mass is 9.90. The number of aromatic nitrogens is 3. The highest BCUT2D eigenvalue weighted by molar-refractivity contribution is 6.27. The second-order valence-corrected chi connectivity index (χ2v) is 7.21. The number of carbonyl (C=O) groups excluding carboxylic acids is 2. The van der Waals surface area contributed by atoms with Crippen molar-refractivity contribution in [3.05, 3.63) is 71.0 Å². The molecule has 0 N–H and O–H groups in total. The molecule has 1 aliphatic heterocycles. The maximum absolute atomic E-state index is 13.0. The highest BCUT2D eigenvalue weighted by Crippen LogP contribution is 2.28. The molecule has 7 heteroatoms. The van der Waals surface area contributed by atoms with Crippen molar-refractivity contribution in [2.24, 2.45) is 0 Å². The third kappa shape index (κ3) is 2.55. The van der Waals surface area contributed by atoms with Gasteiger partial charge in [-0.2, -0.15) is 0 Å². The summed E-state index contributed by atoms with van der Waals surface area (Å²) in [7, 11) is 2.13. The van der Waals surface area contributed by atoms with Crippen LogP contribution in [-0.4, -0.2) is 64.7 Å². The van der Waals surface area contributed by atoms with Crippen LogP contribution in [0.5, 0.6) is 0 Å². The average Bonchev–Trinajstić information content (AvgIpc) is 3.18. The summed E-state index contributed by atoms with van der Waals surface area (Å²) < 4.78 is 1.47. The van der Waals surface area contributed by atoms with Crippen molar-refractivity contribution < 1.29 is 9.59 Å². The Balaban J connectivity index is 1.50. The quantitative estimate of drug-likeness (QED) is 0.534. The molecule has 140 valence electrons. The molecule has 2 heterocycles. The number of piperazine rings is 1. The third-order valence-electron chi connectivity index (χ3n) is 5.48. The summed E-state index contributed by atoms with van der Waals surface area (Å²) in [6.07, 6.45) is 0. The van der Waals surface area contributed by atoms with E-state index >= 15 is 0 Å². The summed E-state index contributed by atoms with van der Waals surface area (Å²) in [4.78, 5) is 30.3. The summed E-state index contributed by atoms with van der Waals surface area (Å²) in [5.74, 6) is -0.483. The van der Waals surface area contributed by atoms with Crippen LogP contribution in [0.2, 0.25) is 0 Å². The maximum atomic E-state index is 13.0. The molecular formula is C21H19N5O2. The number of rotatable bonds is 2. The van der Waals surface area contributed by atoms with Gasteiger partial charge in [-0.1, -0.05) is 29.5 Å². The first kappa shape index (κ1) is 16.8. The summed E-state index contributed by atoms with van der Waals surface area (Å²) >= 11 is 0. The molecule has 0 saturated carbocycles. The summed E-state index contributed by atoms with van der Waals surface area (Å²) in [5.41, 5.74) is 2.99. The highest BCUT2D eigenvalue weighted by Gasteiger charge is 2.35. The fourth-order valence-electron chi connectivity index (χ4n) is 3.82. The highest BCUT2D eigenvalue weighted by atomic mass is 16.1. The zero-order valence-electron chi connectivity index (χ0n) is 15.5. The Bertz CT molecular complexity index is 1080. The predicted molar refractivity (Wildman–Crippen MR) is 104 cm³/mol. The van der Waals surface area contributed by atoms with Gasteiger partial charge in [0.2, 0.25) is 11.6 Å². The van der Waals surface area contributed by atoms with Crippen LogP contribution in [0.4, 0.5) is 5.69 Å². The molecule has 0 spiro atoms. The Hall–Kier alpha value is -3.32. The van der Waals surface area contributed by atoms with Crippen LogP contribution in [0.25, 0.3) is 5.69 Å². The molecular weight excluding hydrogens is 354 g/mol. The fourth-order valence-corrected chi connectivity index (χ4v) is 3.82. The Labute approximate surface area is 162 Å². The number of nitrogens with zero attached hydrogens (tertiary/aromatic N) is 5. The van der Waals surface area contributed by atoms with Gasteiger partial charge in [-0.3, -0.25) is 9.59 Å². The number of likely N-dealkylation sites (N-methyl/N-ethyl adjacent to an activating group) is 1. The number of fused-ring (bicyclic) bond motifs is 2. The van der Waals surface area contributed by atoms with Gasteiger partial charge in [-0.15, -0.1) is 5.10 Å².